The topological polar surface area (TPSA) is 58.4 Å². The first-order valence-corrected chi connectivity index (χ1v) is 11.2. The summed E-state index contributed by atoms with van der Waals surface area (Å²) in [7, 11) is 0. The number of benzene rings is 2. The van der Waals surface area contributed by atoms with Gasteiger partial charge in [-0.1, -0.05) is 42.3 Å². The van der Waals surface area contributed by atoms with Gasteiger partial charge in [-0.25, -0.2) is 4.98 Å². The second-order valence-corrected chi connectivity index (χ2v) is 8.67. The Morgan fingerprint density at radius 2 is 1.87 bits per heavy atom. The zero-order chi connectivity index (χ0) is 21.6. The monoisotopic (exact) mass is 437 g/mol. The first-order valence-electron chi connectivity index (χ1n) is 10.9. The van der Waals surface area contributed by atoms with Crippen molar-refractivity contribution in [3.05, 3.63) is 76.6 Å². The van der Waals surface area contributed by atoms with Crippen LogP contribution in [0.1, 0.15) is 43.0 Å². The SMILES string of the molecule is CC1CCCCN1Cc1ccc(CNC(=O)Cc2coc(-c3ccc(Cl)cc3)n2)cc1. The molecule has 1 aliphatic rings. The van der Waals surface area contributed by atoms with Crippen molar-refractivity contribution in [2.75, 3.05) is 6.54 Å². The van der Waals surface area contributed by atoms with Crippen molar-refractivity contribution in [2.24, 2.45) is 0 Å². The lowest BCUT2D eigenvalue weighted by atomic mass is 10.0. The van der Waals surface area contributed by atoms with E-state index in [1.54, 1.807) is 12.1 Å². The molecule has 0 bridgehead atoms. The lowest BCUT2D eigenvalue weighted by molar-refractivity contribution is -0.120. The molecule has 1 aromatic heterocycles. The first-order chi connectivity index (χ1) is 15.1. The molecule has 2 aromatic carbocycles. The van der Waals surface area contributed by atoms with E-state index in [2.05, 4.69) is 46.4 Å². The Balaban J connectivity index is 1.25. The second-order valence-electron chi connectivity index (χ2n) is 8.24. The Morgan fingerprint density at radius 1 is 1.13 bits per heavy atom. The number of nitrogens with one attached hydrogen (secondary N) is 1. The van der Waals surface area contributed by atoms with Gasteiger partial charge in [0.15, 0.2) is 0 Å². The molecule has 3 aromatic rings. The van der Waals surface area contributed by atoms with Gasteiger partial charge in [0.2, 0.25) is 11.8 Å². The van der Waals surface area contributed by atoms with E-state index in [1.165, 1.54) is 37.6 Å². The quantitative estimate of drug-likeness (QED) is 0.550. The average molecular weight is 438 g/mol. The van der Waals surface area contributed by atoms with Crippen LogP contribution in [0.5, 0.6) is 0 Å². The summed E-state index contributed by atoms with van der Waals surface area (Å²) in [5, 5.41) is 3.62. The number of hydrogen-bond acceptors (Lipinski definition) is 4. The minimum atomic E-state index is -0.0813. The van der Waals surface area contributed by atoms with Crippen LogP contribution in [0.2, 0.25) is 5.02 Å². The molecule has 162 valence electrons. The molecule has 31 heavy (non-hydrogen) atoms. The van der Waals surface area contributed by atoms with E-state index in [-0.39, 0.29) is 12.3 Å². The Kier molecular flexibility index (Phi) is 7.05. The minimum Gasteiger partial charge on any atom is -0.444 e. The number of oxazole rings is 1. The fraction of sp³-hybridized carbons (Fsp3) is 0.360. The van der Waals surface area contributed by atoms with E-state index < -0.39 is 0 Å². The van der Waals surface area contributed by atoms with Crippen LogP contribution in [0.3, 0.4) is 0 Å². The highest BCUT2D eigenvalue weighted by molar-refractivity contribution is 6.30. The van der Waals surface area contributed by atoms with Crippen molar-refractivity contribution in [3.63, 3.8) is 0 Å². The lowest BCUT2D eigenvalue weighted by Crippen LogP contribution is -2.36. The number of halogens is 1. The van der Waals surface area contributed by atoms with Gasteiger partial charge in [-0.3, -0.25) is 9.69 Å². The summed E-state index contributed by atoms with van der Waals surface area (Å²) in [5.74, 6) is 0.403. The van der Waals surface area contributed by atoms with Gasteiger partial charge in [0.05, 0.1) is 12.1 Å². The maximum atomic E-state index is 12.3. The van der Waals surface area contributed by atoms with Gasteiger partial charge in [-0.2, -0.15) is 0 Å². The highest BCUT2D eigenvalue weighted by atomic mass is 35.5. The van der Waals surface area contributed by atoms with Crippen LogP contribution in [-0.4, -0.2) is 28.4 Å². The predicted octanol–water partition coefficient (Wildman–Crippen LogP) is 5.23. The summed E-state index contributed by atoms with van der Waals surface area (Å²) >= 11 is 5.91. The van der Waals surface area contributed by atoms with E-state index in [0.29, 0.717) is 29.2 Å². The molecule has 2 heterocycles. The van der Waals surface area contributed by atoms with Crippen LogP contribution in [0.15, 0.2) is 59.2 Å². The summed E-state index contributed by atoms with van der Waals surface area (Å²) in [4.78, 5) is 19.3. The second kappa shape index (κ2) is 10.1. The van der Waals surface area contributed by atoms with Crippen LogP contribution < -0.4 is 5.32 Å². The van der Waals surface area contributed by atoms with Gasteiger partial charge < -0.3 is 9.73 Å². The number of carbonyl (C=O) groups is 1. The number of likely N-dealkylation sites (tertiary alicyclic amines) is 1. The molecule has 0 radical (unpaired) electrons. The third-order valence-electron chi connectivity index (χ3n) is 5.82. The van der Waals surface area contributed by atoms with Crippen LogP contribution >= 0.6 is 11.6 Å². The van der Waals surface area contributed by atoms with Crippen LogP contribution in [0, 0.1) is 0 Å². The number of aromatic nitrogens is 1. The molecule has 1 amide bonds. The highest BCUT2D eigenvalue weighted by Crippen LogP contribution is 2.21. The summed E-state index contributed by atoms with van der Waals surface area (Å²) in [5.41, 5.74) is 3.84. The first kappa shape index (κ1) is 21.6. The molecule has 1 saturated heterocycles. The molecule has 4 rings (SSSR count). The van der Waals surface area contributed by atoms with Crippen molar-refractivity contribution in [2.45, 2.75) is 51.7 Å². The smallest absolute Gasteiger partial charge is 0.226 e. The van der Waals surface area contributed by atoms with E-state index in [9.17, 15) is 4.79 Å². The highest BCUT2D eigenvalue weighted by Gasteiger charge is 2.18. The summed E-state index contributed by atoms with van der Waals surface area (Å²) < 4.78 is 5.50. The van der Waals surface area contributed by atoms with Gasteiger partial charge in [0.1, 0.15) is 6.26 Å². The Labute approximate surface area is 188 Å². The third kappa shape index (κ3) is 5.96. The summed E-state index contributed by atoms with van der Waals surface area (Å²) in [6.07, 6.45) is 5.63. The molecule has 1 unspecified atom stereocenters. The van der Waals surface area contributed by atoms with E-state index in [1.807, 2.05) is 12.1 Å². The molecular formula is C25H28ClN3O2. The van der Waals surface area contributed by atoms with E-state index >= 15 is 0 Å². The normalized spacial score (nSPS) is 16.9. The number of amides is 1. The summed E-state index contributed by atoms with van der Waals surface area (Å²) in [6, 6.07) is 16.4. The number of rotatable bonds is 7. The van der Waals surface area contributed by atoms with Gasteiger partial charge in [0, 0.05) is 29.7 Å². The molecule has 1 N–H and O–H groups in total. The van der Waals surface area contributed by atoms with E-state index in [4.69, 9.17) is 16.0 Å². The zero-order valence-corrected chi connectivity index (χ0v) is 18.6. The molecule has 1 fully saturated rings. The van der Waals surface area contributed by atoms with Crippen LogP contribution in [0.4, 0.5) is 0 Å². The van der Waals surface area contributed by atoms with Crippen LogP contribution in [-0.2, 0) is 24.3 Å². The third-order valence-corrected chi connectivity index (χ3v) is 6.08. The molecule has 0 spiro atoms. The standard InChI is InChI=1S/C25H28ClN3O2/c1-18-4-2-3-13-29(18)16-20-7-5-19(6-8-20)15-27-24(30)14-23-17-31-25(28-23)21-9-11-22(26)12-10-21/h5-12,17-18H,2-4,13-16H2,1H3,(H,27,30). The number of nitrogens with zero attached hydrogens (tertiary/aromatic N) is 2. The lowest BCUT2D eigenvalue weighted by Gasteiger charge is -2.33. The van der Waals surface area contributed by atoms with Crippen molar-refractivity contribution < 1.29 is 9.21 Å². The Bertz CT molecular complexity index is 998. The molecule has 1 atom stereocenters. The molecule has 0 saturated carbocycles. The number of carbonyl (C=O) groups excluding carboxylic acids is 1. The van der Waals surface area contributed by atoms with Crippen molar-refractivity contribution in [3.8, 4) is 11.5 Å². The minimum absolute atomic E-state index is 0.0813. The number of hydrogen-bond donors (Lipinski definition) is 1. The Morgan fingerprint density at radius 3 is 2.61 bits per heavy atom. The maximum absolute atomic E-state index is 12.3. The van der Waals surface area contributed by atoms with Crippen LogP contribution in [0.25, 0.3) is 11.5 Å². The Hall–Kier alpha value is -2.63. The van der Waals surface area contributed by atoms with Gasteiger partial charge in [-0.15, -0.1) is 0 Å². The molecule has 6 heteroatoms. The van der Waals surface area contributed by atoms with Crippen molar-refractivity contribution in [1.29, 1.82) is 0 Å². The van der Waals surface area contributed by atoms with E-state index in [0.717, 1.165) is 17.7 Å². The zero-order valence-electron chi connectivity index (χ0n) is 17.8. The largest absolute Gasteiger partial charge is 0.444 e. The fourth-order valence-electron chi connectivity index (χ4n) is 3.93. The summed E-state index contributed by atoms with van der Waals surface area (Å²) in [6.45, 7) is 4.99. The molecule has 0 aliphatic carbocycles. The number of piperidine rings is 1. The van der Waals surface area contributed by atoms with Gasteiger partial charge in [-0.05, 0) is 61.7 Å². The predicted molar refractivity (Wildman–Crippen MR) is 123 cm³/mol. The van der Waals surface area contributed by atoms with Gasteiger partial charge in [0.25, 0.3) is 0 Å². The van der Waals surface area contributed by atoms with Crippen molar-refractivity contribution >= 4 is 17.5 Å². The van der Waals surface area contributed by atoms with Crippen molar-refractivity contribution in [1.82, 2.24) is 15.2 Å². The molecule has 5 nitrogen and oxygen atoms in total. The molecule has 1 aliphatic heterocycles. The average Bonchev–Trinajstić information content (AvgIpc) is 3.24. The maximum Gasteiger partial charge on any atom is 0.226 e. The van der Waals surface area contributed by atoms with Gasteiger partial charge >= 0.3 is 0 Å². The molecular weight excluding hydrogens is 410 g/mol. The fourth-order valence-corrected chi connectivity index (χ4v) is 4.06.